The molecule has 0 bridgehead atoms. The van der Waals surface area contributed by atoms with Gasteiger partial charge in [-0.25, -0.2) is 8.42 Å². The summed E-state index contributed by atoms with van der Waals surface area (Å²) in [6.07, 6.45) is 3.52. The number of hydrogen-bond donors (Lipinski definition) is 1. The van der Waals surface area contributed by atoms with Gasteiger partial charge in [-0.2, -0.15) is 4.31 Å². The van der Waals surface area contributed by atoms with E-state index in [0.29, 0.717) is 18.0 Å². The Kier molecular flexibility index (Phi) is 5.39. The highest BCUT2D eigenvalue weighted by Crippen LogP contribution is 2.26. The largest absolute Gasteiger partial charge is 0.385 e. The fraction of sp³-hybridized carbons (Fsp3) is 0.467. The van der Waals surface area contributed by atoms with Crippen LogP contribution in [-0.4, -0.2) is 46.1 Å². The van der Waals surface area contributed by atoms with Crippen molar-refractivity contribution in [1.29, 1.82) is 0 Å². The molecule has 2 rings (SSSR count). The van der Waals surface area contributed by atoms with E-state index in [-0.39, 0.29) is 6.54 Å². The lowest BCUT2D eigenvalue weighted by atomic mass is 10.0. The van der Waals surface area contributed by atoms with Crippen LogP contribution in [0.2, 0.25) is 0 Å². The first kappa shape index (κ1) is 16.0. The molecule has 1 aliphatic rings. The van der Waals surface area contributed by atoms with Gasteiger partial charge in [0.05, 0.1) is 11.5 Å². The van der Waals surface area contributed by atoms with Crippen LogP contribution in [0.3, 0.4) is 0 Å². The lowest BCUT2D eigenvalue weighted by Gasteiger charge is -2.23. The van der Waals surface area contributed by atoms with Crippen LogP contribution in [-0.2, 0) is 21.2 Å². The highest BCUT2D eigenvalue weighted by Gasteiger charge is 2.24. The Labute approximate surface area is 126 Å². The third-order valence-electron chi connectivity index (χ3n) is 3.53. The molecule has 0 saturated carbocycles. The Hall–Kier alpha value is -1.37. The molecule has 1 aromatic carbocycles. The first-order chi connectivity index (χ1) is 10.1. The highest BCUT2D eigenvalue weighted by molar-refractivity contribution is 7.89. The van der Waals surface area contributed by atoms with E-state index in [9.17, 15) is 8.42 Å². The van der Waals surface area contributed by atoms with Crippen LogP contribution in [0.4, 0.5) is 5.69 Å². The molecular formula is C15H22N2O3S. The van der Waals surface area contributed by atoms with E-state index in [1.165, 1.54) is 4.31 Å². The minimum Gasteiger partial charge on any atom is -0.385 e. The van der Waals surface area contributed by atoms with Crippen molar-refractivity contribution in [2.45, 2.75) is 17.7 Å². The van der Waals surface area contributed by atoms with Crippen LogP contribution in [0.1, 0.15) is 12.0 Å². The minimum absolute atomic E-state index is 0.279. The summed E-state index contributed by atoms with van der Waals surface area (Å²) in [5.74, 6) is 0. The maximum atomic E-state index is 12.7. The van der Waals surface area contributed by atoms with Crippen LogP contribution in [0.25, 0.3) is 0 Å². The average molecular weight is 310 g/mol. The fourth-order valence-electron chi connectivity index (χ4n) is 2.41. The number of anilines is 1. The number of methoxy groups -OCH3 is 1. The van der Waals surface area contributed by atoms with Crippen molar-refractivity contribution < 1.29 is 13.2 Å². The van der Waals surface area contributed by atoms with E-state index in [1.807, 2.05) is 6.07 Å². The molecule has 0 spiro atoms. The lowest BCUT2D eigenvalue weighted by molar-refractivity contribution is 0.182. The molecule has 1 aliphatic heterocycles. The molecule has 0 unspecified atom stereocenters. The van der Waals surface area contributed by atoms with Crippen LogP contribution in [0.15, 0.2) is 35.7 Å². The van der Waals surface area contributed by atoms with E-state index < -0.39 is 10.0 Å². The number of fused-ring (bicyclic) bond motifs is 1. The lowest BCUT2D eigenvalue weighted by Crippen LogP contribution is -2.34. The zero-order valence-electron chi connectivity index (χ0n) is 12.3. The van der Waals surface area contributed by atoms with Gasteiger partial charge in [-0.3, -0.25) is 0 Å². The average Bonchev–Trinajstić information content (AvgIpc) is 2.50. The predicted molar refractivity (Wildman–Crippen MR) is 84.1 cm³/mol. The summed E-state index contributed by atoms with van der Waals surface area (Å²) in [4.78, 5) is 0.336. The molecule has 1 N–H and O–H groups in total. The zero-order chi connectivity index (χ0) is 15.3. The van der Waals surface area contributed by atoms with E-state index in [0.717, 1.165) is 30.6 Å². The van der Waals surface area contributed by atoms with Crippen molar-refractivity contribution in [3.63, 3.8) is 0 Å². The normalized spacial score (nSPS) is 14.6. The summed E-state index contributed by atoms with van der Waals surface area (Å²) in [5, 5.41) is 3.29. The van der Waals surface area contributed by atoms with Crippen molar-refractivity contribution in [3.05, 3.63) is 36.4 Å². The SMILES string of the molecule is C=CCN(CCOC)S(=O)(=O)c1ccc2c(c1)CCCN2. The van der Waals surface area contributed by atoms with E-state index >= 15 is 0 Å². The molecular weight excluding hydrogens is 288 g/mol. The number of sulfonamides is 1. The number of nitrogens with zero attached hydrogens (tertiary/aromatic N) is 1. The van der Waals surface area contributed by atoms with Crippen molar-refractivity contribution in [2.75, 3.05) is 38.7 Å². The topological polar surface area (TPSA) is 58.6 Å². The van der Waals surface area contributed by atoms with Crippen LogP contribution in [0, 0.1) is 0 Å². The van der Waals surface area contributed by atoms with E-state index in [4.69, 9.17) is 4.74 Å². The Morgan fingerprint density at radius 2 is 2.29 bits per heavy atom. The third-order valence-corrected chi connectivity index (χ3v) is 5.39. The van der Waals surface area contributed by atoms with Gasteiger partial charge in [-0.1, -0.05) is 6.08 Å². The van der Waals surface area contributed by atoms with Crippen LogP contribution >= 0.6 is 0 Å². The van der Waals surface area contributed by atoms with E-state index in [1.54, 1.807) is 25.3 Å². The molecule has 0 aliphatic carbocycles. The Morgan fingerprint density at radius 1 is 1.48 bits per heavy atom. The summed E-state index contributed by atoms with van der Waals surface area (Å²) in [6, 6.07) is 5.29. The Balaban J connectivity index is 2.30. The first-order valence-electron chi connectivity index (χ1n) is 7.06. The molecule has 0 fully saturated rings. The molecule has 0 atom stereocenters. The van der Waals surface area contributed by atoms with Gasteiger partial charge < -0.3 is 10.1 Å². The zero-order valence-corrected chi connectivity index (χ0v) is 13.2. The molecule has 0 aromatic heterocycles. The maximum absolute atomic E-state index is 12.7. The molecule has 21 heavy (non-hydrogen) atoms. The summed E-state index contributed by atoms with van der Waals surface area (Å²) in [5.41, 5.74) is 2.10. The van der Waals surface area contributed by atoms with Gasteiger partial charge in [0.2, 0.25) is 10.0 Å². The van der Waals surface area contributed by atoms with Crippen molar-refractivity contribution in [2.24, 2.45) is 0 Å². The summed E-state index contributed by atoms with van der Waals surface area (Å²) in [6.45, 7) is 5.53. The maximum Gasteiger partial charge on any atom is 0.243 e. The minimum atomic E-state index is -3.51. The number of hydrogen-bond acceptors (Lipinski definition) is 4. The Morgan fingerprint density at radius 3 is 3.00 bits per heavy atom. The molecule has 1 heterocycles. The second-order valence-corrected chi connectivity index (χ2v) is 6.93. The van der Waals surface area contributed by atoms with Crippen LogP contribution in [0.5, 0.6) is 0 Å². The standard InChI is InChI=1S/C15H22N2O3S/c1-3-9-17(10-11-20-2)21(18,19)14-6-7-15-13(12-14)5-4-8-16-15/h3,6-7,12,16H,1,4-5,8-11H2,2H3. The fourth-order valence-corrected chi connectivity index (χ4v) is 3.85. The molecule has 5 nitrogen and oxygen atoms in total. The number of nitrogens with one attached hydrogen (secondary N) is 1. The smallest absolute Gasteiger partial charge is 0.243 e. The summed E-state index contributed by atoms with van der Waals surface area (Å²) >= 11 is 0. The third kappa shape index (κ3) is 3.64. The number of aryl methyl sites for hydroxylation is 1. The molecule has 0 radical (unpaired) electrons. The Bertz CT molecular complexity index is 599. The highest BCUT2D eigenvalue weighted by atomic mass is 32.2. The second kappa shape index (κ2) is 7.06. The van der Waals surface area contributed by atoms with Gasteiger partial charge in [0.25, 0.3) is 0 Å². The molecule has 0 amide bonds. The summed E-state index contributed by atoms with van der Waals surface area (Å²) in [7, 11) is -1.96. The van der Waals surface area contributed by atoms with Crippen LogP contribution < -0.4 is 5.32 Å². The first-order valence-corrected chi connectivity index (χ1v) is 8.50. The predicted octanol–water partition coefficient (Wildman–Crippen LogP) is 1.87. The molecule has 6 heteroatoms. The molecule has 116 valence electrons. The van der Waals surface area contributed by atoms with E-state index in [2.05, 4.69) is 11.9 Å². The molecule has 1 aromatic rings. The number of ether oxygens (including phenoxy) is 1. The van der Waals surface area contributed by atoms with Gasteiger partial charge in [0.1, 0.15) is 0 Å². The van der Waals surface area contributed by atoms with Gasteiger partial charge in [0, 0.05) is 32.4 Å². The van der Waals surface area contributed by atoms with Crippen molar-refractivity contribution in [1.82, 2.24) is 4.31 Å². The van der Waals surface area contributed by atoms with Gasteiger partial charge >= 0.3 is 0 Å². The monoisotopic (exact) mass is 310 g/mol. The number of benzene rings is 1. The van der Waals surface area contributed by atoms with Crippen molar-refractivity contribution >= 4 is 15.7 Å². The van der Waals surface area contributed by atoms with Crippen molar-refractivity contribution in [3.8, 4) is 0 Å². The van der Waals surface area contributed by atoms with Gasteiger partial charge in [-0.15, -0.1) is 6.58 Å². The van der Waals surface area contributed by atoms with Gasteiger partial charge in [-0.05, 0) is 36.6 Å². The molecule has 0 saturated heterocycles. The quantitative estimate of drug-likeness (QED) is 0.781. The second-order valence-electron chi connectivity index (χ2n) is 4.99. The number of rotatable bonds is 7. The summed E-state index contributed by atoms with van der Waals surface area (Å²) < 4.78 is 31.8. The van der Waals surface area contributed by atoms with Gasteiger partial charge in [0.15, 0.2) is 0 Å².